The quantitative estimate of drug-likeness (QED) is 0.510. The number of carbonyl (C=O) groups excluding carboxylic acids is 3. The van der Waals surface area contributed by atoms with Crippen LogP contribution in [0.5, 0.6) is 0 Å². The summed E-state index contributed by atoms with van der Waals surface area (Å²) in [5.41, 5.74) is 0. The molecular formula is C24H24ClN3O3S. The van der Waals surface area contributed by atoms with Gasteiger partial charge in [0.05, 0.1) is 16.9 Å². The number of amides is 3. The van der Waals surface area contributed by atoms with Gasteiger partial charge in [-0.05, 0) is 24.3 Å². The van der Waals surface area contributed by atoms with Crippen LogP contribution in [0.25, 0.3) is 10.1 Å². The SMILES string of the molecule is O=C(c1sc2ccccc2c1Cl)N1CCN(CCN2C(=O)[C@@H]3[C@@H](C2=O)[C@H]2C=C[C@H]3C2)CC1. The van der Waals surface area contributed by atoms with Crippen LogP contribution in [-0.2, 0) is 9.59 Å². The Balaban J connectivity index is 1.05. The van der Waals surface area contributed by atoms with E-state index >= 15 is 0 Å². The second kappa shape index (κ2) is 7.68. The van der Waals surface area contributed by atoms with E-state index < -0.39 is 0 Å². The first-order valence-corrected chi connectivity index (χ1v) is 12.4. The van der Waals surface area contributed by atoms with E-state index in [0.29, 0.717) is 36.1 Å². The number of nitrogens with zero attached hydrogens (tertiary/aromatic N) is 3. The van der Waals surface area contributed by atoms with Crippen molar-refractivity contribution in [3.63, 3.8) is 0 Å². The Morgan fingerprint density at radius 2 is 1.62 bits per heavy atom. The van der Waals surface area contributed by atoms with Gasteiger partial charge in [-0.2, -0.15) is 0 Å². The van der Waals surface area contributed by atoms with Crippen LogP contribution in [0.4, 0.5) is 0 Å². The van der Waals surface area contributed by atoms with Gasteiger partial charge in [0.25, 0.3) is 5.91 Å². The van der Waals surface area contributed by atoms with Gasteiger partial charge >= 0.3 is 0 Å². The maximum atomic E-state index is 13.1. The van der Waals surface area contributed by atoms with Crippen molar-refractivity contribution in [1.29, 1.82) is 0 Å². The predicted molar refractivity (Wildman–Crippen MR) is 124 cm³/mol. The van der Waals surface area contributed by atoms with Crippen molar-refractivity contribution >= 4 is 50.7 Å². The maximum Gasteiger partial charge on any atom is 0.265 e. The lowest BCUT2D eigenvalue weighted by Crippen LogP contribution is -2.50. The van der Waals surface area contributed by atoms with Gasteiger partial charge < -0.3 is 4.90 Å². The number of hydrogen-bond donors (Lipinski definition) is 0. The van der Waals surface area contributed by atoms with Crippen molar-refractivity contribution in [2.45, 2.75) is 6.42 Å². The minimum Gasteiger partial charge on any atom is -0.335 e. The normalized spacial score (nSPS) is 29.5. The second-order valence-electron chi connectivity index (χ2n) is 9.20. The lowest BCUT2D eigenvalue weighted by molar-refractivity contribution is -0.141. The highest BCUT2D eigenvalue weighted by Gasteiger charge is 2.59. The number of halogens is 1. The number of fused-ring (bicyclic) bond motifs is 6. The summed E-state index contributed by atoms with van der Waals surface area (Å²) in [6, 6.07) is 7.81. The first kappa shape index (κ1) is 20.4. The van der Waals surface area contributed by atoms with Crippen LogP contribution in [0, 0.1) is 23.7 Å². The van der Waals surface area contributed by atoms with Crippen LogP contribution < -0.4 is 0 Å². The van der Waals surface area contributed by atoms with Gasteiger partial charge in [-0.1, -0.05) is 42.0 Å². The molecule has 3 heterocycles. The summed E-state index contributed by atoms with van der Waals surface area (Å²) in [5, 5.41) is 1.47. The van der Waals surface area contributed by atoms with Gasteiger partial charge in [-0.3, -0.25) is 24.2 Å². The molecule has 2 bridgehead atoms. The number of rotatable bonds is 4. The summed E-state index contributed by atoms with van der Waals surface area (Å²) in [7, 11) is 0. The Morgan fingerprint density at radius 3 is 2.28 bits per heavy atom. The van der Waals surface area contributed by atoms with E-state index in [1.54, 1.807) is 0 Å². The molecule has 166 valence electrons. The minimum atomic E-state index is -0.127. The molecule has 8 heteroatoms. The number of benzene rings is 1. The highest BCUT2D eigenvalue weighted by atomic mass is 35.5. The smallest absolute Gasteiger partial charge is 0.265 e. The van der Waals surface area contributed by atoms with E-state index in [-0.39, 0.29) is 41.4 Å². The Bertz CT molecular complexity index is 1120. The molecule has 1 aromatic carbocycles. The first-order chi connectivity index (χ1) is 15.5. The van der Waals surface area contributed by atoms with Gasteiger partial charge in [0.1, 0.15) is 4.88 Å². The number of carbonyl (C=O) groups is 3. The summed E-state index contributed by atoms with van der Waals surface area (Å²) in [6.45, 7) is 3.79. The van der Waals surface area contributed by atoms with Crippen molar-refractivity contribution in [3.8, 4) is 0 Å². The van der Waals surface area contributed by atoms with Crippen LogP contribution >= 0.6 is 22.9 Å². The summed E-state index contributed by atoms with van der Waals surface area (Å²) in [5.74, 6) is 0.270. The molecule has 0 unspecified atom stereocenters. The Hall–Kier alpha value is -2.22. The fraction of sp³-hybridized carbons (Fsp3) is 0.458. The van der Waals surface area contributed by atoms with E-state index in [0.717, 1.165) is 29.6 Å². The van der Waals surface area contributed by atoms with E-state index in [4.69, 9.17) is 11.6 Å². The van der Waals surface area contributed by atoms with Crippen LogP contribution in [0.2, 0.25) is 5.02 Å². The molecule has 6 nitrogen and oxygen atoms in total. The van der Waals surface area contributed by atoms with Crippen LogP contribution in [0.15, 0.2) is 36.4 Å². The number of piperazine rings is 1. The number of likely N-dealkylation sites (tertiary alicyclic amines) is 1. The molecule has 0 spiro atoms. The third-order valence-corrected chi connectivity index (χ3v) is 9.25. The molecule has 2 aromatic rings. The zero-order chi connectivity index (χ0) is 22.0. The van der Waals surface area contributed by atoms with Gasteiger partial charge in [-0.25, -0.2) is 0 Å². The monoisotopic (exact) mass is 469 g/mol. The van der Waals surface area contributed by atoms with Crippen LogP contribution in [0.1, 0.15) is 16.1 Å². The van der Waals surface area contributed by atoms with E-state index in [9.17, 15) is 14.4 Å². The molecule has 3 fully saturated rings. The van der Waals surface area contributed by atoms with Crippen LogP contribution in [-0.4, -0.2) is 71.7 Å². The molecular weight excluding hydrogens is 446 g/mol. The van der Waals surface area contributed by atoms with Crippen molar-refractivity contribution in [3.05, 3.63) is 46.3 Å². The highest BCUT2D eigenvalue weighted by Crippen LogP contribution is 2.52. The lowest BCUT2D eigenvalue weighted by atomic mass is 9.85. The standard InChI is InChI=1S/C24H24ClN3O3S/c25-20-16-3-1-2-4-17(16)32-21(20)24(31)27-10-7-26(8-11-27)9-12-28-22(29)18-14-5-6-15(13-14)19(18)23(28)30/h1-6,14-15,18-19H,7-13H2/t14-,15-,18-,19-/m0/s1. The number of imide groups is 1. The van der Waals surface area contributed by atoms with Crippen molar-refractivity contribution in [1.82, 2.24) is 14.7 Å². The highest BCUT2D eigenvalue weighted by molar-refractivity contribution is 7.21. The summed E-state index contributed by atoms with van der Waals surface area (Å²) < 4.78 is 1.02. The molecule has 4 atom stereocenters. The molecule has 1 aromatic heterocycles. The Kier molecular flexibility index (Phi) is 4.89. The molecule has 0 radical (unpaired) electrons. The number of allylic oxidation sites excluding steroid dienone is 2. The van der Waals surface area contributed by atoms with E-state index in [1.165, 1.54) is 16.2 Å². The summed E-state index contributed by atoms with van der Waals surface area (Å²) >= 11 is 7.94. The summed E-state index contributed by atoms with van der Waals surface area (Å²) in [4.78, 5) is 44.9. The molecule has 2 saturated heterocycles. The molecule has 3 amide bonds. The van der Waals surface area contributed by atoms with Crippen molar-refractivity contribution < 1.29 is 14.4 Å². The minimum absolute atomic E-state index is 0.0171. The molecule has 6 rings (SSSR count). The molecule has 32 heavy (non-hydrogen) atoms. The van der Waals surface area contributed by atoms with Crippen molar-refractivity contribution in [2.75, 3.05) is 39.3 Å². The molecule has 2 aliphatic carbocycles. The maximum absolute atomic E-state index is 13.1. The second-order valence-corrected chi connectivity index (χ2v) is 10.6. The van der Waals surface area contributed by atoms with E-state index in [2.05, 4.69) is 17.1 Å². The average Bonchev–Trinajstić information content (AvgIpc) is 3.56. The fourth-order valence-corrected chi connectivity index (χ4v) is 7.38. The topological polar surface area (TPSA) is 60.9 Å². The molecule has 1 saturated carbocycles. The first-order valence-electron chi connectivity index (χ1n) is 11.2. The fourth-order valence-electron chi connectivity index (χ4n) is 5.90. The third kappa shape index (κ3) is 3.05. The van der Waals surface area contributed by atoms with Gasteiger partial charge in [0.15, 0.2) is 0 Å². The van der Waals surface area contributed by atoms with E-state index in [1.807, 2.05) is 29.2 Å². The Labute approximate surface area is 195 Å². The Morgan fingerprint density at radius 1 is 0.969 bits per heavy atom. The number of thiophene rings is 1. The van der Waals surface area contributed by atoms with Gasteiger partial charge in [0.2, 0.25) is 11.8 Å². The molecule has 0 N–H and O–H groups in total. The zero-order valence-corrected chi connectivity index (χ0v) is 19.1. The average molecular weight is 470 g/mol. The van der Waals surface area contributed by atoms with Gasteiger partial charge in [-0.15, -0.1) is 11.3 Å². The lowest BCUT2D eigenvalue weighted by Gasteiger charge is -2.35. The predicted octanol–water partition coefficient (Wildman–Crippen LogP) is 3.12. The third-order valence-electron chi connectivity index (χ3n) is 7.59. The number of hydrogen-bond acceptors (Lipinski definition) is 5. The van der Waals surface area contributed by atoms with Crippen LogP contribution in [0.3, 0.4) is 0 Å². The molecule has 2 aliphatic heterocycles. The molecule has 4 aliphatic rings. The zero-order valence-electron chi connectivity index (χ0n) is 17.6. The van der Waals surface area contributed by atoms with Crippen molar-refractivity contribution in [2.24, 2.45) is 23.7 Å². The largest absolute Gasteiger partial charge is 0.335 e. The van der Waals surface area contributed by atoms with Gasteiger partial charge in [0, 0.05) is 49.4 Å². The summed E-state index contributed by atoms with van der Waals surface area (Å²) in [6.07, 6.45) is 5.21.